The van der Waals surface area contributed by atoms with Crippen molar-refractivity contribution in [2.24, 2.45) is 4.99 Å². The maximum absolute atomic E-state index is 11.8. The van der Waals surface area contributed by atoms with Gasteiger partial charge in [-0.1, -0.05) is 30.3 Å². The summed E-state index contributed by atoms with van der Waals surface area (Å²) in [5.41, 5.74) is 2.76. The van der Waals surface area contributed by atoms with E-state index in [4.69, 9.17) is 0 Å². The highest BCUT2D eigenvalue weighted by Gasteiger charge is 2.20. The van der Waals surface area contributed by atoms with Crippen LogP contribution in [0.1, 0.15) is 24.0 Å². The molecule has 6 nitrogen and oxygen atoms in total. The Hall–Kier alpha value is -1.61. The zero-order chi connectivity index (χ0) is 19.6. The van der Waals surface area contributed by atoms with Crippen LogP contribution in [0.4, 0.5) is 0 Å². The van der Waals surface area contributed by atoms with E-state index < -0.39 is 0 Å². The molecule has 1 aliphatic heterocycles. The van der Waals surface area contributed by atoms with E-state index in [1.54, 1.807) is 25.1 Å². The molecule has 156 valence electrons. The standard InChI is InChI=1S/C21H33N5O.HI/c1-5-12-22-21(23-15-20(27)25(3)4)24-19-10-13-26(14-11-19)16-18-9-7-6-8-17(18)2;/h5-9,19H,1,10-16H2,2-4H3,(H2,22,23,24);1H. The van der Waals surface area contributed by atoms with Crippen molar-refractivity contribution < 1.29 is 4.79 Å². The van der Waals surface area contributed by atoms with E-state index in [-0.39, 0.29) is 36.4 Å². The molecule has 0 unspecified atom stereocenters. The number of halogens is 1. The first kappa shape index (κ1) is 24.4. The average Bonchev–Trinajstić information content (AvgIpc) is 2.66. The molecule has 2 N–H and O–H groups in total. The molecule has 1 aromatic rings. The highest BCUT2D eigenvalue weighted by Crippen LogP contribution is 2.16. The molecular formula is C21H34IN5O. The molecule has 1 heterocycles. The van der Waals surface area contributed by atoms with E-state index in [0.29, 0.717) is 18.5 Å². The van der Waals surface area contributed by atoms with Gasteiger partial charge in [0.25, 0.3) is 0 Å². The quantitative estimate of drug-likeness (QED) is 0.262. The van der Waals surface area contributed by atoms with Crippen LogP contribution in [0.3, 0.4) is 0 Å². The molecule has 0 spiro atoms. The fourth-order valence-electron chi connectivity index (χ4n) is 3.07. The first-order valence-electron chi connectivity index (χ1n) is 9.62. The van der Waals surface area contributed by atoms with Crippen LogP contribution >= 0.6 is 24.0 Å². The lowest BCUT2D eigenvalue weighted by Crippen LogP contribution is -2.48. The SMILES string of the molecule is C=CCNC(=NCC(=O)N(C)C)NC1CCN(Cc2ccccc2C)CC1.I. The number of hydrogen-bond donors (Lipinski definition) is 2. The minimum Gasteiger partial charge on any atom is -0.354 e. The Labute approximate surface area is 186 Å². The first-order chi connectivity index (χ1) is 13.0. The van der Waals surface area contributed by atoms with E-state index >= 15 is 0 Å². The molecule has 7 heteroatoms. The number of nitrogens with one attached hydrogen (secondary N) is 2. The summed E-state index contributed by atoms with van der Waals surface area (Å²) in [6.07, 6.45) is 3.90. The van der Waals surface area contributed by atoms with Gasteiger partial charge in [-0.3, -0.25) is 9.69 Å². The second kappa shape index (κ2) is 12.8. The number of amides is 1. The van der Waals surface area contributed by atoms with Crippen LogP contribution in [0.5, 0.6) is 0 Å². The van der Waals surface area contributed by atoms with Gasteiger partial charge < -0.3 is 15.5 Å². The number of carbonyl (C=O) groups excluding carboxylic acids is 1. The fourth-order valence-corrected chi connectivity index (χ4v) is 3.07. The van der Waals surface area contributed by atoms with Crippen LogP contribution in [0.25, 0.3) is 0 Å². The molecule has 1 fully saturated rings. The molecule has 1 amide bonds. The molecule has 1 saturated heterocycles. The van der Waals surface area contributed by atoms with Crippen molar-refractivity contribution in [2.45, 2.75) is 32.4 Å². The summed E-state index contributed by atoms with van der Waals surface area (Å²) in [6, 6.07) is 8.95. The van der Waals surface area contributed by atoms with Gasteiger partial charge in [0.1, 0.15) is 6.54 Å². The van der Waals surface area contributed by atoms with Gasteiger partial charge in [-0.2, -0.15) is 0 Å². The van der Waals surface area contributed by atoms with Crippen LogP contribution in [0.15, 0.2) is 41.9 Å². The van der Waals surface area contributed by atoms with Crippen molar-refractivity contribution in [3.63, 3.8) is 0 Å². The number of benzene rings is 1. The monoisotopic (exact) mass is 499 g/mol. The predicted molar refractivity (Wildman–Crippen MR) is 127 cm³/mol. The number of aryl methyl sites for hydroxylation is 1. The molecule has 0 bridgehead atoms. The third-order valence-electron chi connectivity index (χ3n) is 4.87. The third kappa shape index (κ3) is 8.18. The predicted octanol–water partition coefficient (Wildman–Crippen LogP) is 2.39. The van der Waals surface area contributed by atoms with E-state index in [0.717, 1.165) is 32.5 Å². The number of piperidine rings is 1. The Bertz CT molecular complexity index is 654. The summed E-state index contributed by atoms with van der Waals surface area (Å²) < 4.78 is 0. The number of rotatable bonds is 7. The summed E-state index contributed by atoms with van der Waals surface area (Å²) in [5, 5.41) is 6.68. The fraction of sp³-hybridized carbons (Fsp3) is 0.524. The van der Waals surface area contributed by atoms with Gasteiger partial charge in [0, 0.05) is 46.3 Å². The average molecular weight is 499 g/mol. The number of hydrogen-bond acceptors (Lipinski definition) is 3. The topological polar surface area (TPSA) is 60.0 Å². The van der Waals surface area contributed by atoms with Gasteiger partial charge >= 0.3 is 0 Å². The largest absolute Gasteiger partial charge is 0.354 e. The molecule has 0 saturated carbocycles. The molecule has 2 rings (SSSR count). The zero-order valence-corrected chi connectivity index (χ0v) is 19.6. The number of likely N-dealkylation sites (tertiary alicyclic amines) is 1. The van der Waals surface area contributed by atoms with E-state index in [1.807, 2.05) is 0 Å². The van der Waals surface area contributed by atoms with Gasteiger partial charge in [-0.15, -0.1) is 30.6 Å². The molecule has 28 heavy (non-hydrogen) atoms. The molecule has 0 radical (unpaired) electrons. The summed E-state index contributed by atoms with van der Waals surface area (Å²) in [6.45, 7) is 9.78. The normalized spacial score (nSPS) is 15.5. The molecule has 0 aliphatic carbocycles. The van der Waals surface area contributed by atoms with Gasteiger partial charge in [-0.25, -0.2) is 4.99 Å². The maximum atomic E-state index is 11.8. The lowest BCUT2D eigenvalue weighted by molar-refractivity contribution is -0.127. The van der Waals surface area contributed by atoms with E-state index in [2.05, 4.69) is 58.3 Å². The van der Waals surface area contributed by atoms with Crippen LogP contribution in [-0.4, -0.2) is 68.0 Å². The summed E-state index contributed by atoms with van der Waals surface area (Å²) in [7, 11) is 3.48. The second-order valence-corrected chi connectivity index (χ2v) is 7.24. The molecule has 1 aromatic carbocycles. The van der Waals surface area contributed by atoms with Gasteiger partial charge in [0.05, 0.1) is 0 Å². The molecular weight excluding hydrogens is 465 g/mol. The van der Waals surface area contributed by atoms with Crippen molar-refractivity contribution in [3.05, 3.63) is 48.0 Å². The maximum Gasteiger partial charge on any atom is 0.243 e. The third-order valence-corrected chi connectivity index (χ3v) is 4.87. The summed E-state index contributed by atoms with van der Waals surface area (Å²) >= 11 is 0. The number of nitrogens with zero attached hydrogens (tertiary/aromatic N) is 3. The minimum atomic E-state index is -0.0113. The second-order valence-electron chi connectivity index (χ2n) is 7.24. The Morgan fingerprint density at radius 1 is 1.32 bits per heavy atom. The molecule has 1 aliphatic rings. The van der Waals surface area contributed by atoms with Crippen molar-refractivity contribution in [1.29, 1.82) is 0 Å². The number of aliphatic imine (C=N–C) groups is 1. The van der Waals surface area contributed by atoms with Gasteiger partial charge in [-0.05, 0) is 30.9 Å². The Morgan fingerprint density at radius 3 is 2.61 bits per heavy atom. The number of likely N-dealkylation sites (N-methyl/N-ethyl adjacent to an activating group) is 1. The van der Waals surface area contributed by atoms with Crippen molar-refractivity contribution >= 4 is 35.8 Å². The first-order valence-corrected chi connectivity index (χ1v) is 9.62. The van der Waals surface area contributed by atoms with Crippen LogP contribution in [0, 0.1) is 6.92 Å². The van der Waals surface area contributed by atoms with Gasteiger partial charge in [0.2, 0.25) is 5.91 Å². The minimum absolute atomic E-state index is 0. The lowest BCUT2D eigenvalue weighted by atomic mass is 10.0. The van der Waals surface area contributed by atoms with E-state index in [1.165, 1.54) is 11.1 Å². The van der Waals surface area contributed by atoms with Crippen LogP contribution < -0.4 is 10.6 Å². The highest BCUT2D eigenvalue weighted by molar-refractivity contribution is 14.0. The summed E-state index contributed by atoms with van der Waals surface area (Å²) in [4.78, 5) is 20.3. The van der Waals surface area contributed by atoms with Gasteiger partial charge in [0.15, 0.2) is 5.96 Å². The number of carbonyl (C=O) groups is 1. The van der Waals surface area contributed by atoms with Crippen LogP contribution in [-0.2, 0) is 11.3 Å². The zero-order valence-electron chi connectivity index (χ0n) is 17.3. The number of guanidine groups is 1. The Balaban J connectivity index is 0.00000392. The smallest absolute Gasteiger partial charge is 0.243 e. The molecule has 0 aromatic heterocycles. The Kier molecular flexibility index (Phi) is 11.1. The van der Waals surface area contributed by atoms with E-state index in [9.17, 15) is 4.79 Å². The summed E-state index contributed by atoms with van der Waals surface area (Å²) in [5.74, 6) is 0.671. The van der Waals surface area contributed by atoms with Crippen molar-refractivity contribution in [2.75, 3.05) is 40.3 Å². The van der Waals surface area contributed by atoms with Crippen LogP contribution in [0.2, 0.25) is 0 Å². The van der Waals surface area contributed by atoms with Crippen molar-refractivity contribution in [1.82, 2.24) is 20.4 Å². The highest BCUT2D eigenvalue weighted by atomic mass is 127. The lowest BCUT2D eigenvalue weighted by Gasteiger charge is -2.33. The van der Waals surface area contributed by atoms with Crippen molar-refractivity contribution in [3.8, 4) is 0 Å². The Morgan fingerprint density at radius 2 is 2.00 bits per heavy atom. The molecule has 0 atom stereocenters.